The van der Waals surface area contributed by atoms with Crippen molar-refractivity contribution in [1.29, 1.82) is 5.26 Å². The number of anilines is 1. The maximum absolute atomic E-state index is 12.0. The number of nitrogens with one attached hydrogen (secondary N) is 1. The second-order valence-corrected chi connectivity index (χ2v) is 5.76. The molecule has 0 fully saturated rings. The molecule has 23 heavy (non-hydrogen) atoms. The fraction of sp³-hybridized carbons (Fsp3) is 0.222. The molecule has 0 saturated heterocycles. The molecule has 0 atom stereocenters. The van der Waals surface area contributed by atoms with E-state index in [1.54, 1.807) is 12.1 Å². The summed E-state index contributed by atoms with van der Waals surface area (Å²) in [5.41, 5.74) is 2.43. The number of rotatable bonds is 7. The molecule has 1 amide bonds. The minimum Gasteiger partial charge on any atom is -0.492 e. The first-order chi connectivity index (χ1) is 11.2. The van der Waals surface area contributed by atoms with Gasteiger partial charge in [0.25, 0.3) is 0 Å². The first-order valence-corrected chi connectivity index (χ1v) is 8.47. The highest BCUT2D eigenvalue weighted by molar-refractivity contribution is 7.99. The van der Waals surface area contributed by atoms with Crippen LogP contribution in [0.25, 0.3) is 0 Å². The molecule has 0 aliphatic rings. The Kier molecular flexibility index (Phi) is 6.52. The van der Waals surface area contributed by atoms with Gasteiger partial charge >= 0.3 is 0 Å². The average Bonchev–Trinajstić information content (AvgIpc) is 2.57. The second kappa shape index (κ2) is 8.86. The lowest BCUT2D eigenvalue weighted by atomic mass is 10.2. The van der Waals surface area contributed by atoms with Crippen molar-refractivity contribution in [3.63, 3.8) is 0 Å². The molecule has 2 aromatic carbocycles. The van der Waals surface area contributed by atoms with E-state index in [4.69, 9.17) is 10.00 Å². The van der Waals surface area contributed by atoms with Gasteiger partial charge in [-0.05, 0) is 36.8 Å². The highest BCUT2D eigenvalue weighted by atomic mass is 32.2. The average molecular weight is 326 g/mol. The molecule has 1 N–H and O–H groups in total. The standard InChI is InChI=1S/C18H18N2O2S/c1-2-22-17-6-4-3-5-16(17)20-18(21)13-23-12-15-9-7-14(11-19)8-10-15/h3-10H,2,12-13H2,1H3,(H,20,21). The lowest BCUT2D eigenvalue weighted by Crippen LogP contribution is -2.15. The van der Waals surface area contributed by atoms with Gasteiger partial charge in [0.1, 0.15) is 5.75 Å². The Morgan fingerprint density at radius 1 is 1.22 bits per heavy atom. The smallest absolute Gasteiger partial charge is 0.234 e. The Morgan fingerprint density at radius 2 is 1.96 bits per heavy atom. The van der Waals surface area contributed by atoms with Crippen molar-refractivity contribution in [2.75, 3.05) is 17.7 Å². The van der Waals surface area contributed by atoms with Crippen molar-refractivity contribution in [1.82, 2.24) is 0 Å². The molecule has 0 bridgehead atoms. The molecule has 0 radical (unpaired) electrons. The number of benzene rings is 2. The Morgan fingerprint density at radius 3 is 2.65 bits per heavy atom. The Balaban J connectivity index is 1.82. The molecule has 5 heteroatoms. The topological polar surface area (TPSA) is 62.1 Å². The second-order valence-electron chi connectivity index (χ2n) is 4.78. The number of hydrogen-bond acceptors (Lipinski definition) is 4. The van der Waals surface area contributed by atoms with Crippen molar-refractivity contribution in [2.45, 2.75) is 12.7 Å². The quantitative estimate of drug-likeness (QED) is 0.840. The summed E-state index contributed by atoms with van der Waals surface area (Å²) in [6, 6.07) is 16.9. The van der Waals surface area contributed by atoms with Crippen LogP contribution in [0.4, 0.5) is 5.69 Å². The summed E-state index contributed by atoms with van der Waals surface area (Å²) in [5, 5.41) is 11.6. The van der Waals surface area contributed by atoms with Crippen LogP contribution in [0.5, 0.6) is 5.75 Å². The summed E-state index contributed by atoms with van der Waals surface area (Å²) in [4.78, 5) is 12.0. The van der Waals surface area contributed by atoms with Crippen molar-refractivity contribution in [3.8, 4) is 11.8 Å². The van der Waals surface area contributed by atoms with E-state index >= 15 is 0 Å². The van der Waals surface area contributed by atoms with Crippen LogP contribution < -0.4 is 10.1 Å². The molecule has 0 aliphatic carbocycles. The number of nitrogens with zero attached hydrogens (tertiary/aromatic N) is 1. The monoisotopic (exact) mass is 326 g/mol. The molecular formula is C18H18N2O2S. The normalized spacial score (nSPS) is 9.91. The van der Waals surface area contributed by atoms with E-state index in [0.717, 1.165) is 11.3 Å². The van der Waals surface area contributed by atoms with Crippen LogP contribution in [-0.2, 0) is 10.5 Å². The number of hydrogen-bond donors (Lipinski definition) is 1. The van der Waals surface area contributed by atoms with Crippen LogP contribution in [0.3, 0.4) is 0 Å². The summed E-state index contributed by atoms with van der Waals surface area (Å²) >= 11 is 1.53. The molecule has 4 nitrogen and oxygen atoms in total. The Bertz CT molecular complexity index is 693. The van der Waals surface area contributed by atoms with Crippen molar-refractivity contribution < 1.29 is 9.53 Å². The lowest BCUT2D eigenvalue weighted by molar-refractivity contribution is -0.113. The largest absolute Gasteiger partial charge is 0.492 e. The molecule has 0 spiro atoms. The van der Waals surface area contributed by atoms with Gasteiger partial charge in [-0.2, -0.15) is 5.26 Å². The summed E-state index contributed by atoms with van der Waals surface area (Å²) in [5.74, 6) is 1.71. The van der Waals surface area contributed by atoms with Crippen molar-refractivity contribution in [2.24, 2.45) is 0 Å². The highest BCUT2D eigenvalue weighted by Crippen LogP contribution is 2.24. The number of carbonyl (C=O) groups is 1. The minimum absolute atomic E-state index is 0.0594. The molecular weight excluding hydrogens is 308 g/mol. The molecule has 0 heterocycles. The zero-order valence-electron chi connectivity index (χ0n) is 12.9. The Labute approximate surface area is 140 Å². The van der Waals surface area contributed by atoms with E-state index in [2.05, 4.69) is 11.4 Å². The van der Waals surface area contributed by atoms with E-state index in [1.165, 1.54) is 11.8 Å². The molecule has 2 rings (SSSR count). The van der Waals surface area contributed by atoms with Crippen LogP contribution in [0.1, 0.15) is 18.1 Å². The number of ether oxygens (including phenoxy) is 1. The first-order valence-electron chi connectivity index (χ1n) is 7.31. The molecule has 118 valence electrons. The number of amides is 1. The van der Waals surface area contributed by atoms with E-state index in [0.29, 0.717) is 29.4 Å². The number of carbonyl (C=O) groups excluding carboxylic acids is 1. The lowest BCUT2D eigenvalue weighted by Gasteiger charge is -2.11. The maximum atomic E-state index is 12.0. The predicted octanol–water partition coefficient (Wildman–Crippen LogP) is 3.83. The van der Waals surface area contributed by atoms with Gasteiger partial charge in [0, 0.05) is 5.75 Å². The first kappa shape index (κ1) is 16.9. The molecule has 0 aromatic heterocycles. The third-order valence-corrected chi connectivity index (χ3v) is 4.05. The fourth-order valence-electron chi connectivity index (χ4n) is 1.97. The number of nitriles is 1. The summed E-state index contributed by atoms with van der Waals surface area (Å²) in [6.07, 6.45) is 0. The van der Waals surface area contributed by atoms with E-state index < -0.39 is 0 Å². The number of para-hydroxylation sites is 2. The predicted molar refractivity (Wildman–Crippen MR) is 93.6 cm³/mol. The third kappa shape index (κ3) is 5.35. The zero-order chi connectivity index (χ0) is 16.5. The van der Waals surface area contributed by atoms with E-state index in [9.17, 15) is 4.79 Å². The van der Waals surface area contributed by atoms with Gasteiger partial charge in [-0.25, -0.2) is 0 Å². The van der Waals surface area contributed by atoms with Crippen LogP contribution in [0.2, 0.25) is 0 Å². The highest BCUT2D eigenvalue weighted by Gasteiger charge is 2.07. The van der Waals surface area contributed by atoms with Crippen LogP contribution in [0.15, 0.2) is 48.5 Å². The van der Waals surface area contributed by atoms with Gasteiger partial charge in [0.2, 0.25) is 5.91 Å². The summed E-state index contributed by atoms with van der Waals surface area (Å²) < 4.78 is 5.49. The summed E-state index contributed by atoms with van der Waals surface area (Å²) in [7, 11) is 0. The third-order valence-electron chi connectivity index (χ3n) is 3.05. The van der Waals surface area contributed by atoms with Gasteiger partial charge in [-0.3, -0.25) is 4.79 Å². The molecule has 0 aliphatic heterocycles. The van der Waals surface area contributed by atoms with Gasteiger partial charge in [-0.1, -0.05) is 24.3 Å². The fourth-order valence-corrected chi connectivity index (χ4v) is 2.76. The van der Waals surface area contributed by atoms with Crippen LogP contribution in [0, 0.1) is 11.3 Å². The van der Waals surface area contributed by atoms with Crippen LogP contribution in [-0.4, -0.2) is 18.3 Å². The van der Waals surface area contributed by atoms with Gasteiger partial charge in [0.15, 0.2) is 0 Å². The zero-order valence-corrected chi connectivity index (χ0v) is 13.7. The van der Waals surface area contributed by atoms with Gasteiger partial charge in [-0.15, -0.1) is 11.8 Å². The number of thioether (sulfide) groups is 1. The van der Waals surface area contributed by atoms with Crippen molar-refractivity contribution >= 4 is 23.4 Å². The van der Waals surface area contributed by atoms with Crippen molar-refractivity contribution in [3.05, 3.63) is 59.7 Å². The van der Waals surface area contributed by atoms with Gasteiger partial charge in [0.05, 0.1) is 29.7 Å². The van der Waals surface area contributed by atoms with E-state index in [1.807, 2.05) is 43.3 Å². The molecule has 0 saturated carbocycles. The maximum Gasteiger partial charge on any atom is 0.234 e. The SMILES string of the molecule is CCOc1ccccc1NC(=O)CSCc1ccc(C#N)cc1. The minimum atomic E-state index is -0.0594. The summed E-state index contributed by atoms with van der Waals surface area (Å²) in [6.45, 7) is 2.46. The van der Waals surface area contributed by atoms with E-state index in [-0.39, 0.29) is 5.91 Å². The molecule has 2 aromatic rings. The Hall–Kier alpha value is -2.45. The van der Waals surface area contributed by atoms with Gasteiger partial charge < -0.3 is 10.1 Å². The van der Waals surface area contributed by atoms with Crippen LogP contribution >= 0.6 is 11.8 Å². The molecule has 0 unspecified atom stereocenters.